The highest BCUT2D eigenvalue weighted by molar-refractivity contribution is 9.11. The lowest BCUT2D eigenvalue weighted by Gasteiger charge is -2.07. The lowest BCUT2D eigenvalue weighted by Crippen LogP contribution is -2.03. The van der Waals surface area contributed by atoms with Crippen molar-refractivity contribution in [1.82, 2.24) is 9.78 Å². The molecule has 0 aromatic carbocycles. The van der Waals surface area contributed by atoms with Gasteiger partial charge in [-0.2, -0.15) is 5.10 Å². The van der Waals surface area contributed by atoms with Crippen LogP contribution in [0.3, 0.4) is 0 Å². The van der Waals surface area contributed by atoms with Crippen molar-refractivity contribution in [3.8, 4) is 10.6 Å². The van der Waals surface area contributed by atoms with E-state index in [1.54, 1.807) is 11.3 Å². The third kappa shape index (κ3) is 2.15. The molecule has 1 unspecified atom stereocenters. The van der Waals surface area contributed by atoms with Crippen LogP contribution in [0.2, 0.25) is 0 Å². The third-order valence-corrected chi connectivity index (χ3v) is 4.24. The fourth-order valence-corrected chi connectivity index (χ4v) is 2.84. The first-order valence-electron chi connectivity index (χ1n) is 5.22. The minimum atomic E-state index is 0.388. The van der Waals surface area contributed by atoms with E-state index in [1.807, 2.05) is 23.0 Å². The number of aromatic nitrogens is 2. The number of hydrogen-bond acceptors (Lipinski definition) is 3. The van der Waals surface area contributed by atoms with Crippen molar-refractivity contribution in [1.29, 1.82) is 0 Å². The zero-order chi connectivity index (χ0) is 11.7. The maximum absolute atomic E-state index is 5.98. The summed E-state index contributed by atoms with van der Waals surface area (Å²) < 4.78 is 3.04. The second-order valence-electron chi connectivity index (χ2n) is 3.77. The smallest absolute Gasteiger partial charge is 0.125 e. The van der Waals surface area contributed by atoms with E-state index in [0.717, 1.165) is 26.5 Å². The first-order chi connectivity index (χ1) is 7.61. The van der Waals surface area contributed by atoms with E-state index in [2.05, 4.69) is 34.9 Å². The van der Waals surface area contributed by atoms with E-state index in [0.29, 0.717) is 6.04 Å². The molecule has 2 aromatic rings. The summed E-state index contributed by atoms with van der Waals surface area (Å²) in [6, 6.07) is 4.44. The number of hydrogen-bond donors (Lipinski definition) is 1. The predicted molar refractivity (Wildman–Crippen MR) is 72.7 cm³/mol. The predicted octanol–water partition coefficient (Wildman–Crippen LogP) is 3.93. The van der Waals surface area contributed by atoms with Crippen LogP contribution in [0, 0.1) is 0 Å². The quantitative estimate of drug-likeness (QED) is 0.933. The molecule has 0 amide bonds. The molecule has 0 spiro atoms. The Labute approximate surface area is 107 Å². The molecule has 0 aliphatic carbocycles. The third-order valence-electron chi connectivity index (χ3n) is 2.61. The number of thiophene rings is 1. The van der Waals surface area contributed by atoms with Crippen molar-refractivity contribution < 1.29 is 0 Å². The van der Waals surface area contributed by atoms with Crippen molar-refractivity contribution in [2.24, 2.45) is 0 Å². The van der Waals surface area contributed by atoms with Crippen LogP contribution in [0.5, 0.6) is 0 Å². The number of nitrogens with zero attached hydrogens (tertiary/aromatic N) is 2. The molecule has 2 heterocycles. The number of nitrogens with two attached hydrogens (primary N) is 1. The SMILES string of the molecule is CCC(C)n1cc(N)c(-c2ccc(Br)s2)n1. The van der Waals surface area contributed by atoms with E-state index < -0.39 is 0 Å². The zero-order valence-electron chi connectivity index (χ0n) is 9.27. The van der Waals surface area contributed by atoms with Crippen molar-refractivity contribution in [3.05, 3.63) is 22.1 Å². The summed E-state index contributed by atoms with van der Waals surface area (Å²) >= 11 is 5.09. The standard InChI is InChI=1S/C11H14BrN3S/c1-3-7(2)15-6-8(13)11(14-15)9-4-5-10(12)16-9/h4-7H,3,13H2,1-2H3. The Hall–Kier alpha value is -0.810. The average Bonchev–Trinajstić information content (AvgIpc) is 2.83. The van der Waals surface area contributed by atoms with Gasteiger partial charge in [-0.15, -0.1) is 11.3 Å². The molecule has 0 aliphatic rings. The van der Waals surface area contributed by atoms with Crippen LogP contribution >= 0.6 is 27.3 Å². The Bertz CT molecular complexity index is 489. The van der Waals surface area contributed by atoms with Crippen molar-refractivity contribution in [3.63, 3.8) is 0 Å². The van der Waals surface area contributed by atoms with Crippen LogP contribution in [-0.4, -0.2) is 9.78 Å². The van der Waals surface area contributed by atoms with Gasteiger partial charge in [0.25, 0.3) is 0 Å². The minimum absolute atomic E-state index is 0.388. The number of anilines is 1. The second kappa shape index (κ2) is 4.59. The van der Waals surface area contributed by atoms with Gasteiger partial charge in [0, 0.05) is 12.2 Å². The van der Waals surface area contributed by atoms with Gasteiger partial charge in [-0.05, 0) is 41.4 Å². The number of rotatable bonds is 3. The summed E-state index contributed by atoms with van der Waals surface area (Å²) in [7, 11) is 0. The van der Waals surface area contributed by atoms with Gasteiger partial charge in [0.05, 0.1) is 14.4 Å². The fourth-order valence-electron chi connectivity index (χ4n) is 1.45. The molecule has 0 fully saturated rings. The van der Waals surface area contributed by atoms with Crippen LogP contribution in [-0.2, 0) is 0 Å². The molecule has 0 aliphatic heterocycles. The van der Waals surface area contributed by atoms with Gasteiger partial charge in [-0.1, -0.05) is 6.92 Å². The average molecular weight is 300 g/mol. The molecule has 3 nitrogen and oxygen atoms in total. The topological polar surface area (TPSA) is 43.8 Å². The largest absolute Gasteiger partial charge is 0.396 e. The molecule has 2 N–H and O–H groups in total. The van der Waals surface area contributed by atoms with Gasteiger partial charge in [0.2, 0.25) is 0 Å². The van der Waals surface area contributed by atoms with Crippen LogP contribution in [0.4, 0.5) is 5.69 Å². The Balaban J connectivity index is 2.39. The molecule has 2 rings (SSSR count). The van der Waals surface area contributed by atoms with Crippen LogP contribution in [0.1, 0.15) is 26.3 Å². The fraction of sp³-hybridized carbons (Fsp3) is 0.364. The van der Waals surface area contributed by atoms with E-state index in [1.165, 1.54) is 0 Å². The summed E-state index contributed by atoms with van der Waals surface area (Å²) in [6.45, 7) is 4.28. The molecule has 5 heteroatoms. The van der Waals surface area contributed by atoms with Crippen molar-refractivity contribution >= 4 is 33.0 Å². The van der Waals surface area contributed by atoms with Gasteiger partial charge in [-0.3, -0.25) is 4.68 Å². The monoisotopic (exact) mass is 299 g/mol. The molecule has 0 saturated carbocycles. The van der Waals surface area contributed by atoms with Crippen LogP contribution in [0.25, 0.3) is 10.6 Å². The molecule has 0 radical (unpaired) electrons. The summed E-state index contributed by atoms with van der Waals surface area (Å²) in [5, 5.41) is 4.55. The van der Waals surface area contributed by atoms with Crippen LogP contribution in [0.15, 0.2) is 22.1 Å². The van der Waals surface area contributed by atoms with E-state index in [-0.39, 0.29) is 0 Å². The zero-order valence-corrected chi connectivity index (χ0v) is 11.7. The maximum Gasteiger partial charge on any atom is 0.125 e. The first kappa shape index (κ1) is 11.7. The summed E-state index contributed by atoms with van der Waals surface area (Å²) in [4.78, 5) is 1.10. The lowest BCUT2D eigenvalue weighted by atomic mass is 10.3. The van der Waals surface area contributed by atoms with Gasteiger partial charge >= 0.3 is 0 Å². The van der Waals surface area contributed by atoms with E-state index in [4.69, 9.17) is 5.73 Å². The Morgan fingerprint density at radius 1 is 1.56 bits per heavy atom. The molecule has 16 heavy (non-hydrogen) atoms. The van der Waals surface area contributed by atoms with Gasteiger partial charge in [0.15, 0.2) is 0 Å². The van der Waals surface area contributed by atoms with Crippen molar-refractivity contribution in [2.45, 2.75) is 26.3 Å². The number of nitrogen functional groups attached to an aromatic ring is 1. The molecule has 0 saturated heterocycles. The highest BCUT2D eigenvalue weighted by Crippen LogP contribution is 2.34. The van der Waals surface area contributed by atoms with Crippen LogP contribution < -0.4 is 5.73 Å². The van der Waals surface area contributed by atoms with Crippen molar-refractivity contribution in [2.75, 3.05) is 5.73 Å². The molecule has 86 valence electrons. The Morgan fingerprint density at radius 3 is 2.88 bits per heavy atom. The Morgan fingerprint density at radius 2 is 2.31 bits per heavy atom. The normalized spacial score (nSPS) is 12.9. The Kier molecular flexibility index (Phi) is 3.35. The van der Waals surface area contributed by atoms with Gasteiger partial charge in [0.1, 0.15) is 5.69 Å². The summed E-state index contributed by atoms with van der Waals surface area (Å²) in [6.07, 6.45) is 2.96. The minimum Gasteiger partial charge on any atom is -0.396 e. The lowest BCUT2D eigenvalue weighted by molar-refractivity contribution is 0.479. The highest BCUT2D eigenvalue weighted by atomic mass is 79.9. The molecule has 0 bridgehead atoms. The van der Waals surface area contributed by atoms with Gasteiger partial charge in [-0.25, -0.2) is 0 Å². The first-order valence-corrected chi connectivity index (χ1v) is 6.83. The second-order valence-corrected chi connectivity index (χ2v) is 6.24. The number of halogens is 1. The maximum atomic E-state index is 5.98. The van der Waals surface area contributed by atoms with E-state index in [9.17, 15) is 0 Å². The highest BCUT2D eigenvalue weighted by Gasteiger charge is 2.12. The summed E-state index contributed by atoms with van der Waals surface area (Å²) in [5.74, 6) is 0. The molecule has 2 aromatic heterocycles. The molecular weight excluding hydrogens is 286 g/mol. The summed E-state index contributed by atoms with van der Waals surface area (Å²) in [5.41, 5.74) is 7.61. The molecular formula is C11H14BrN3S. The van der Waals surface area contributed by atoms with Gasteiger partial charge < -0.3 is 5.73 Å². The molecule has 1 atom stereocenters. The van der Waals surface area contributed by atoms with E-state index >= 15 is 0 Å².